The first kappa shape index (κ1) is 11.8. The summed E-state index contributed by atoms with van der Waals surface area (Å²) < 4.78 is 25.5. The number of rotatable bonds is 2. The normalized spacial score (nSPS) is 10.3. The third kappa shape index (κ3) is 2.60. The van der Waals surface area contributed by atoms with Gasteiger partial charge >= 0.3 is 0 Å². The van der Waals surface area contributed by atoms with E-state index < -0.39 is 6.43 Å². The highest BCUT2D eigenvalue weighted by atomic mass is 127. The van der Waals surface area contributed by atoms with Crippen LogP contribution < -0.4 is 0 Å². The van der Waals surface area contributed by atoms with Gasteiger partial charge in [-0.1, -0.05) is 0 Å². The number of pyridine rings is 1. The SMILES string of the molecule is N#CCc1cc(I)c(C(F)F)c(Br)n1. The Labute approximate surface area is 102 Å². The summed E-state index contributed by atoms with van der Waals surface area (Å²) >= 11 is 4.77. The second-order valence-electron chi connectivity index (χ2n) is 2.44. The van der Waals surface area contributed by atoms with Gasteiger partial charge in [0.25, 0.3) is 6.43 Å². The number of hydrogen-bond donors (Lipinski definition) is 0. The maximum Gasteiger partial charge on any atom is 0.267 e. The van der Waals surface area contributed by atoms with E-state index in [1.54, 1.807) is 0 Å². The van der Waals surface area contributed by atoms with Crippen LogP contribution in [-0.2, 0) is 6.42 Å². The molecule has 0 aliphatic rings. The quantitative estimate of drug-likeness (QED) is 0.589. The monoisotopic (exact) mass is 372 g/mol. The number of nitrogens with zero attached hydrogens (tertiary/aromatic N) is 2. The minimum absolute atomic E-state index is 0.115. The van der Waals surface area contributed by atoms with E-state index in [1.165, 1.54) is 6.07 Å². The highest BCUT2D eigenvalue weighted by molar-refractivity contribution is 14.1. The van der Waals surface area contributed by atoms with E-state index in [9.17, 15) is 8.78 Å². The maximum atomic E-state index is 12.5. The van der Waals surface area contributed by atoms with E-state index in [-0.39, 0.29) is 16.6 Å². The van der Waals surface area contributed by atoms with Crippen LogP contribution in [0.15, 0.2) is 10.7 Å². The summed E-state index contributed by atoms with van der Waals surface area (Å²) in [5.74, 6) is 0. The fourth-order valence-corrected chi connectivity index (χ4v) is 2.74. The van der Waals surface area contributed by atoms with Crippen LogP contribution in [0.2, 0.25) is 0 Å². The van der Waals surface area contributed by atoms with Gasteiger partial charge in [-0.2, -0.15) is 5.26 Å². The number of alkyl halides is 2. The molecule has 0 atom stereocenters. The van der Waals surface area contributed by atoms with Gasteiger partial charge in [-0.05, 0) is 44.6 Å². The lowest BCUT2D eigenvalue weighted by atomic mass is 10.2. The van der Waals surface area contributed by atoms with Crippen molar-refractivity contribution in [1.82, 2.24) is 4.98 Å². The van der Waals surface area contributed by atoms with Gasteiger partial charge in [-0.25, -0.2) is 13.8 Å². The van der Waals surface area contributed by atoms with Crippen LogP contribution in [0.1, 0.15) is 17.7 Å². The molecule has 0 spiro atoms. The van der Waals surface area contributed by atoms with Crippen molar-refractivity contribution < 1.29 is 8.78 Å². The summed E-state index contributed by atoms with van der Waals surface area (Å²) in [6.07, 6.45) is -2.43. The molecular formula is C8H4BrF2IN2. The number of halogens is 4. The molecule has 0 fully saturated rings. The Kier molecular flexibility index (Phi) is 4.19. The lowest BCUT2D eigenvalue weighted by Crippen LogP contribution is -1.98. The minimum atomic E-state index is -2.56. The minimum Gasteiger partial charge on any atom is -0.244 e. The molecule has 14 heavy (non-hydrogen) atoms. The van der Waals surface area contributed by atoms with E-state index in [0.717, 1.165) is 0 Å². The first-order chi connectivity index (χ1) is 6.56. The highest BCUT2D eigenvalue weighted by Gasteiger charge is 2.17. The van der Waals surface area contributed by atoms with Crippen molar-refractivity contribution in [1.29, 1.82) is 5.26 Å². The zero-order valence-electron chi connectivity index (χ0n) is 6.77. The predicted molar refractivity (Wildman–Crippen MR) is 58.9 cm³/mol. The highest BCUT2D eigenvalue weighted by Crippen LogP contribution is 2.30. The predicted octanol–water partition coefficient (Wildman–Crippen LogP) is 3.45. The molecule has 0 amide bonds. The van der Waals surface area contributed by atoms with Crippen LogP contribution in [0, 0.1) is 14.9 Å². The number of hydrogen-bond acceptors (Lipinski definition) is 2. The number of aromatic nitrogens is 1. The maximum absolute atomic E-state index is 12.5. The smallest absolute Gasteiger partial charge is 0.244 e. The molecule has 0 N–H and O–H groups in total. The Morgan fingerprint density at radius 2 is 2.29 bits per heavy atom. The molecule has 0 saturated heterocycles. The van der Waals surface area contributed by atoms with Crippen LogP contribution in [0.4, 0.5) is 8.78 Å². The van der Waals surface area contributed by atoms with Crippen molar-refractivity contribution in [3.05, 3.63) is 25.5 Å². The average molecular weight is 373 g/mol. The van der Waals surface area contributed by atoms with Gasteiger partial charge in [0.05, 0.1) is 23.7 Å². The van der Waals surface area contributed by atoms with Crippen LogP contribution in [0.3, 0.4) is 0 Å². The molecule has 0 unspecified atom stereocenters. The van der Waals surface area contributed by atoms with Crippen molar-refractivity contribution in [2.75, 3.05) is 0 Å². The first-order valence-electron chi connectivity index (χ1n) is 3.56. The lowest BCUT2D eigenvalue weighted by Gasteiger charge is -2.06. The van der Waals surface area contributed by atoms with Gasteiger partial charge in [-0.3, -0.25) is 0 Å². The molecule has 0 aliphatic heterocycles. The summed E-state index contributed by atoms with van der Waals surface area (Å²) in [5.41, 5.74) is 0.375. The lowest BCUT2D eigenvalue weighted by molar-refractivity contribution is 0.149. The Morgan fingerprint density at radius 3 is 2.71 bits per heavy atom. The Balaban J connectivity index is 3.19. The Bertz CT molecular complexity index is 366. The molecule has 0 aromatic carbocycles. The first-order valence-corrected chi connectivity index (χ1v) is 5.43. The van der Waals surface area contributed by atoms with Gasteiger partial charge in [0.1, 0.15) is 4.60 Å². The van der Waals surface area contributed by atoms with Gasteiger partial charge in [0, 0.05) is 3.57 Å². The van der Waals surface area contributed by atoms with Crippen molar-refractivity contribution in [3.8, 4) is 6.07 Å². The van der Waals surface area contributed by atoms with E-state index >= 15 is 0 Å². The number of nitriles is 1. The molecule has 0 radical (unpaired) electrons. The summed E-state index contributed by atoms with van der Waals surface area (Å²) in [6.45, 7) is 0. The molecule has 1 aromatic heterocycles. The average Bonchev–Trinajstić information content (AvgIpc) is 2.01. The molecular weight excluding hydrogens is 369 g/mol. The largest absolute Gasteiger partial charge is 0.267 e. The van der Waals surface area contributed by atoms with Gasteiger partial charge in [0.2, 0.25) is 0 Å². The molecule has 6 heteroatoms. The summed E-state index contributed by atoms with van der Waals surface area (Å²) in [6, 6.07) is 3.41. The van der Waals surface area contributed by atoms with Gasteiger partial charge < -0.3 is 0 Å². The van der Waals surface area contributed by atoms with Crippen molar-refractivity contribution in [2.24, 2.45) is 0 Å². The Morgan fingerprint density at radius 1 is 1.64 bits per heavy atom. The van der Waals surface area contributed by atoms with Gasteiger partial charge in [-0.15, -0.1) is 0 Å². The van der Waals surface area contributed by atoms with E-state index in [1.807, 2.05) is 28.7 Å². The molecule has 74 valence electrons. The fraction of sp³-hybridized carbons (Fsp3) is 0.250. The summed E-state index contributed by atoms with van der Waals surface area (Å²) in [4.78, 5) is 3.85. The van der Waals surface area contributed by atoms with Crippen LogP contribution >= 0.6 is 38.5 Å². The molecule has 2 nitrogen and oxygen atoms in total. The fourth-order valence-electron chi connectivity index (χ4n) is 0.907. The molecule has 1 rings (SSSR count). The molecule has 0 bridgehead atoms. The second-order valence-corrected chi connectivity index (χ2v) is 4.35. The van der Waals surface area contributed by atoms with E-state index in [4.69, 9.17) is 5.26 Å². The van der Waals surface area contributed by atoms with Crippen LogP contribution in [0.5, 0.6) is 0 Å². The van der Waals surface area contributed by atoms with Crippen LogP contribution in [0.25, 0.3) is 0 Å². The Hall–Kier alpha value is -0.290. The second kappa shape index (κ2) is 4.98. The zero-order chi connectivity index (χ0) is 10.7. The van der Waals surface area contributed by atoms with Crippen molar-refractivity contribution in [3.63, 3.8) is 0 Å². The molecule has 1 aromatic rings. The van der Waals surface area contributed by atoms with E-state index in [2.05, 4.69) is 20.9 Å². The topological polar surface area (TPSA) is 36.7 Å². The van der Waals surface area contributed by atoms with Crippen LogP contribution in [-0.4, -0.2) is 4.98 Å². The third-order valence-electron chi connectivity index (χ3n) is 1.49. The van der Waals surface area contributed by atoms with Gasteiger partial charge in [0.15, 0.2) is 0 Å². The standard InChI is InChI=1S/C8H4BrF2IN2/c9-7-6(8(10)11)5(12)3-4(14-7)1-2-13/h3,8H,1H2. The molecule has 0 aliphatic carbocycles. The third-order valence-corrected chi connectivity index (χ3v) is 2.99. The summed E-state index contributed by atoms with van der Waals surface area (Å²) in [5, 5.41) is 8.42. The van der Waals surface area contributed by atoms with Crippen molar-refractivity contribution in [2.45, 2.75) is 12.8 Å². The van der Waals surface area contributed by atoms with E-state index in [0.29, 0.717) is 9.26 Å². The molecule has 1 heterocycles. The van der Waals surface area contributed by atoms with Crippen molar-refractivity contribution >= 4 is 38.5 Å². The summed E-state index contributed by atoms with van der Waals surface area (Å²) in [7, 11) is 0. The molecule has 0 saturated carbocycles. The zero-order valence-corrected chi connectivity index (χ0v) is 10.5.